The first-order valence-electron chi connectivity index (χ1n) is 6.02. The Morgan fingerprint density at radius 1 is 1.25 bits per heavy atom. The summed E-state index contributed by atoms with van der Waals surface area (Å²) in [6.07, 6.45) is 3.49. The smallest absolute Gasteiger partial charge is 0.309 e. The number of carbonyl (C=O) groups is 2. The number of hydrogen-bond acceptors (Lipinski definition) is 2. The molecule has 0 spiro atoms. The van der Waals surface area contributed by atoms with Crippen LogP contribution in [0.2, 0.25) is 0 Å². The van der Waals surface area contributed by atoms with Crippen LogP contribution in [-0.4, -0.2) is 23.0 Å². The monoisotopic (exact) mass is 223 g/mol. The van der Waals surface area contributed by atoms with Crippen molar-refractivity contribution in [1.29, 1.82) is 0 Å². The molecule has 4 nitrogen and oxygen atoms in total. The van der Waals surface area contributed by atoms with Gasteiger partial charge < -0.3 is 10.4 Å². The highest BCUT2D eigenvalue weighted by atomic mass is 16.4. The van der Waals surface area contributed by atoms with Crippen molar-refractivity contribution in [2.75, 3.05) is 0 Å². The lowest BCUT2D eigenvalue weighted by Crippen LogP contribution is -2.47. The van der Waals surface area contributed by atoms with Gasteiger partial charge in [0.15, 0.2) is 0 Å². The lowest BCUT2D eigenvalue weighted by atomic mass is 9.68. The Balaban J connectivity index is 1.84. The second-order valence-electron chi connectivity index (χ2n) is 5.84. The third-order valence-corrected chi connectivity index (χ3v) is 4.94. The quantitative estimate of drug-likeness (QED) is 0.734. The Morgan fingerprint density at radius 2 is 1.94 bits per heavy atom. The first kappa shape index (κ1) is 10.1. The molecular weight excluding hydrogens is 206 g/mol. The van der Waals surface area contributed by atoms with Gasteiger partial charge in [0.1, 0.15) is 0 Å². The molecule has 0 aromatic heterocycles. The molecule has 4 saturated carbocycles. The minimum absolute atomic E-state index is 0.0189. The topological polar surface area (TPSA) is 66.4 Å². The zero-order valence-corrected chi connectivity index (χ0v) is 9.40. The number of hydrogen-bond donors (Lipinski definition) is 2. The van der Waals surface area contributed by atoms with Gasteiger partial charge in [-0.1, -0.05) is 0 Å². The summed E-state index contributed by atoms with van der Waals surface area (Å²) in [6, 6.07) is 0.248. The normalized spacial score (nSPS) is 48.3. The minimum atomic E-state index is -0.619. The molecule has 0 aromatic rings. The van der Waals surface area contributed by atoms with Crippen LogP contribution in [0.25, 0.3) is 0 Å². The molecule has 0 heterocycles. The van der Waals surface area contributed by atoms with E-state index in [1.54, 1.807) is 6.92 Å². The third kappa shape index (κ3) is 1.16. The van der Waals surface area contributed by atoms with Crippen LogP contribution in [-0.2, 0) is 9.59 Å². The van der Waals surface area contributed by atoms with E-state index in [1.165, 1.54) is 0 Å². The Labute approximate surface area is 94.4 Å². The molecule has 0 aliphatic heterocycles. The number of nitrogens with one attached hydrogen (secondary N) is 1. The Morgan fingerprint density at radius 3 is 2.50 bits per heavy atom. The van der Waals surface area contributed by atoms with Crippen LogP contribution >= 0.6 is 0 Å². The molecule has 4 unspecified atom stereocenters. The van der Waals surface area contributed by atoms with E-state index in [2.05, 4.69) is 5.32 Å². The largest absolute Gasteiger partial charge is 0.481 e. The molecule has 2 N–H and O–H groups in total. The summed E-state index contributed by atoms with van der Waals surface area (Å²) in [5.74, 6) is 0.749. The van der Waals surface area contributed by atoms with Crippen LogP contribution in [0.5, 0.6) is 0 Å². The van der Waals surface area contributed by atoms with Gasteiger partial charge in [-0.15, -0.1) is 0 Å². The fraction of sp³-hybridized carbons (Fsp3) is 0.833. The summed E-state index contributed by atoms with van der Waals surface area (Å²) in [5.41, 5.74) is -0.451. The van der Waals surface area contributed by atoms with Gasteiger partial charge in [-0.25, -0.2) is 0 Å². The van der Waals surface area contributed by atoms with Crippen molar-refractivity contribution in [2.45, 2.75) is 38.6 Å². The van der Waals surface area contributed by atoms with E-state index in [-0.39, 0.29) is 11.9 Å². The van der Waals surface area contributed by atoms with Crippen molar-refractivity contribution in [1.82, 2.24) is 5.32 Å². The van der Waals surface area contributed by atoms with Gasteiger partial charge >= 0.3 is 5.97 Å². The fourth-order valence-corrected chi connectivity index (χ4v) is 4.52. The van der Waals surface area contributed by atoms with Gasteiger partial charge in [0, 0.05) is 13.0 Å². The van der Waals surface area contributed by atoms with Gasteiger partial charge in [0.2, 0.25) is 5.91 Å². The van der Waals surface area contributed by atoms with Crippen LogP contribution < -0.4 is 5.32 Å². The van der Waals surface area contributed by atoms with Crippen molar-refractivity contribution in [3.8, 4) is 0 Å². The first-order chi connectivity index (χ1) is 7.52. The second-order valence-corrected chi connectivity index (χ2v) is 5.84. The van der Waals surface area contributed by atoms with Gasteiger partial charge in [-0.05, 0) is 43.4 Å². The number of rotatable bonds is 2. The maximum absolute atomic E-state index is 11.3. The van der Waals surface area contributed by atoms with E-state index in [0.717, 1.165) is 25.7 Å². The molecule has 5 atom stereocenters. The minimum Gasteiger partial charge on any atom is -0.481 e. The lowest BCUT2D eigenvalue weighted by Gasteiger charge is -2.38. The number of aliphatic carboxylic acids is 1. The van der Waals surface area contributed by atoms with Crippen LogP contribution in [0, 0.1) is 23.2 Å². The molecule has 16 heavy (non-hydrogen) atoms. The van der Waals surface area contributed by atoms with Crippen molar-refractivity contribution >= 4 is 11.9 Å². The van der Waals surface area contributed by atoms with E-state index < -0.39 is 11.4 Å². The van der Waals surface area contributed by atoms with Crippen LogP contribution in [0.3, 0.4) is 0 Å². The second kappa shape index (κ2) is 2.99. The molecule has 4 heteroatoms. The number of carboxylic acid groups (broad SMARTS) is 1. The molecule has 4 bridgehead atoms. The highest BCUT2D eigenvalue weighted by molar-refractivity contribution is 5.76. The van der Waals surface area contributed by atoms with Crippen LogP contribution in [0.15, 0.2) is 0 Å². The summed E-state index contributed by atoms with van der Waals surface area (Å²) in [4.78, 5) is 22.5. The Bertz CT molecular complexity index is 363. The Hall–Kier alpha value is -1.06. The number of carboxylic acids is 1. The molecule has 1 amide bonds. The van der Waals surface area contributed by atoms with Crippen LogP contribution in [0.1, 0.15) is 32.6 Å². The molecule has 0 aromatic carbocycles. The highest BCUT2D eigenvalue weighted by Gasteiger charge is 2.63. The summed E-state index contributed by atoms with van der Waals surface area (Å²) < 4.78 is 0. The van der Waals surface area contributed by atoms with Gasteiger partial charge in [0.05, 0.1) is 5.41 Å². The summed E-state index contributed by atoms with van der Waals surface area (Å²) >= 11 is 0. The number of carbonyl (C=O) groups excluding carboxylic acids is 1. The molecular formula is C12H17NO3. The van der Waals surface area contributed by atoms with Gasteiger partial charge in [-0.3, -0.25) is 9.59 Å². The zero-order chi connectivity index (χ0) is 11.5. The van der Waals surface area contributed by atoms with Crippen molar-refractivity contribution in [3.63, 3.8) is 0 Å². The predicted molar refractivity (Wildman–Crippen MR) is 56.6 cm³/mol. The van der Waals surface area contributed by atoms with Crippen LogP contribution in [0.4, 0.5) is 0 Å². The highest BCUT2D eigenvalue weighted by Crippen LogP contribution is 2.64. The standard InChI is InChI=1S/C12H17NO3/c1-6(14)13-10-8-2-7-3-12(4-8,11(15)16)5-9(7)10/h7-10H,2-5H2,1H3,(H,13,14)(H,15,16)/t7?,8?,9?,10?,12-/m1/s1. The lowest BCUT2D eigenvalue weighted by molar-refractivity contribution is -0.152. The zero-order valence-electron chi connectivity index (χ0n) is 9.40. The molecule has 4 aliphatic carbocycles. The fourth-order valence-electron chi connectivity index (χ4n) is 4.52. The SMILES string of the molecule is CC(=O)NC1C2CC3C[C@@](C(=O)O)(C2)CC31. The van der Waals surface area contributed by atoms with E-state index in [4.69, 9.17) is 0 Å². The Kier molecular flexibility index (Phi) is 1.89. The predicted octanol–water partition coefficient (Wildman–Crippen LogP) is 1.01. The summed E-state index contributed by atoms with van der Waals surface area (Å²) in [6.45, 7) is 1.55. The van der Waals surface area contributed by atoms with Crippen molar-refractivity contribution in [3.05, 3.63) is 0 Å². The van der Waals surface area contributed by atoms with E-state index >= 15 is 0 Å². The molecule has 0 radical (unpaired) electrons. The van der Waals surface area contributed by atoms with E-state index in [1.807, 2.05) is 0 Å². The van der Waals surface area contributed by atoms with E-state index in [9.17, 15) is 14.7 Å². The van der Waals surface area contributed by atoms with Gasteiger partial charge in [0.25, 0.3) is 0 Å². The summed E-state index contributed by atoms with van der Waals surface area (Å²) in [5, 5.41) is 12.4. The van der Waals surface area contributed by atoms with E-state index in [0.29, 0.717) is 17.8 Å². The maximum atomic E-state index is 11.3. The average molecular weight is 223 g/mol. The maximum Gasteiger partial charge on any atom is 0.309 e. The first-order valence-corrected chi connectivity index (χ1v) is 6.02. The number of amides is 1. The van der Waals surface area contributed by atoms with Crippen molar-refractivity contribution in [2.24, 2.45) is 23.2 Å². The van der Waals surface area contributed by atoms with Gasteiger partial charge in [-0.2, -0.15) is 0 Å². The average Bonchev–Trinajstić information content (AvgIpc) is 2.57. The molecule has 4 rings (SSSR count). The molecule has 4 fully saturated rings. The molecule has 4 aliphatic rings. The van der Waals surface area contributed by atoms with Crippen molar-refractivity contribution < 1.29 is 14.7 Å². The third-order valence-electron chi connectivity index (χ3n) is 4.94. The summed E-state index contributed by atoms with van der Waals surface area (Å²) in [7, 11) is 0. The molecule has 0 saturated heterocycles. The molecule has 88 valence electrons.